The van der Waals surface area contributed by atoms with Crippen LogP contribution in [-0.4, -0.2) is 56.9 Å². The van der Waals surface area contributed by atoms with Crippen molar-refractivity contribution >= 4 is 12.0 Å². The first kappa shape index (κ1) is 19.4. The van der Waals surface area contributed by atoms with Crippen LogP contribution in [-0.2, 0) is 17.6 Å². The second kappa shape index (κ2) is 7.54. The minimum atomic E-state index is -0.493. The van der Waals surface area contributed by atoms with Gasteiger partial charge < -0.3 is 9.64 Å². The summed E-state index contributed by atoms with van der Waals surface area (Å²) in [5, 5.41) is 8.65. The molecular weight excluding hydrogens is 318 g/mol. The van der Waals surface area contributed by atoms with Crippen LogP contribution in [0.4, 0.5) is 10.7 Å². The van der Waals surface area contributed by atoms with Crippen LogP contribution in [0.5, 0.6) is 0 Å². The Morgan fingerprint density at radius 2 is 1.64 bits per heavy atom. The molecule has 1 saturated heterocycles. The maximum absolute atomic E-state index is 12.5. The zero-order valence-electron chi connectivity index (χ0n) is 16.5. The summed E-state index contributed by atoms with van der Waals surface area (Å²) in [6.07, 6.45) is 1.42. The molecule has 0 aliphatic carbocycles. The number of aromatic nitrogens is 3. The molecule has 0 spiro atoms. The van der Waals surface area contributed by atoms with Gasteiger partial charge in [0.05, 0.1) is 23.5 Å². The zero-order chi connectivity index (χ0) is 18.8. The van der Waals surface area contributed by atoms with E-state index in [2.05, 4.69) is 28.9 Å². The summed E-state index contributed by atoms with van der Waals surface area (Å²) in [5.41, 5.74) is 1.47. The number of amides is 1. The van der Waals surface area contributed by atoms with Crippen molar-refractivity contribution < 1.29 is 9.53 Å². The van der Waals surface area contributed by atoms with Crippen molar-refractivity contribution in [2.45, 2.75) is 79.0 Å². The maximum Gasteiger partial charge on any atom is 0.410 e. The number of hydrogen-bond donors (Lipinski definition) is 0. The van der Waals surface area contributed by atoms with Gasteiger partial charge in [0.1, 0.15) is 5.60 Å². The molecule has 0 N–H and O–H groups in total. The van der Waals surface area contributed by atoms with Gasteiger partial charge in [-0.15, -0.1) is 5.10 Å². The average molecular weight is 349 g/mol. The van der Waals surface area contributed by atoms with E-state index < -0.39 is 5.60 Å². The predicted octanol–water partition coefficient (Wildman–Crippen LogP) is 2.83. The first-order valence-corrected chi connectivity index (χ1v) is 9.15. The largest absolute Gasteiger partial charge is 0.444 e. The molecule has 1 aromatic heterocycles. The van der Waals surface area contributed by atoms with Crippen LogP contribution < -0.4 is 4.90 Å². The summed E-state index contributed by atoms with van der Waals surface area (Å²) in [6, 6.07) is 0.0243. The molecule has 1 fully saturated rings. The summed E-state index contributed by atoms with van der Waals surface area (Å²) in [6.45, 7) is 15.2. The molecule has 1 amide bonds. The lowest BCUT2D eigenvalue weighted by Gasteiger charge is -2.44. The zero-order valence-corrected chi connectivity index (χ0v) is 16.5. The van der Waals surface area contributed by atoms with Crippen molar-refractivity contribution in [1.82, 2.24) is 20.1 Å². The molecule has 140 valence electrons. The number of hydrogen-bond acceptors (Lipinski definition) is 6. The number of piperazine rings is 1. The van der Waals surface area contributed by atoms with Crippen LogP contribution in [0.25, 0.3) is 0 Å². The van der Waals surface area contributed by atoms with Gasteiger partial charge in [0.15, 0.2) is 0 Å². The Morgan fingerprint density at radius 1 is 1.08 bits per heavy atom. The molecular formula is C18H31N5O2. The number of ether oxygens (including phenoxy) is 1. The second-order valence-corrected chi connectivity index (χ2v) is 7.70. The molecule has 0 saturated carbocycles. The van der Waals surface area contributed by atoms with Crippen LogP contribution in [0.3, 0.4) is 0 Å². The van der Waals surface area contributed by atoms with Crippen LogP contribution in [0.2, 0.25) is 0 Å². The average Bonchev–Trinajstić information content (AvgIpc) is 2.51. The number of anilines is 1. The fourth-order valence-electron chi connectivity index (χ4n) is 3.22. The van der Waals surface area contributed by atoms with E-state index in [1.54, 1.807) is 0 Å². The Balaban J connectivity index is 2.15. The third-order valence-electron chi connectivity index (χ3n) is 4.30. The molecule has 0 radical (unpaired) electrons. The Labute approximate surface area is 150 Å². The lowest BCUT2D eigenvalue weighted by Crippen LogP contribution is -2.59. The maximum atomic E-state index is 12.5. The minimum Gasteiger partial charge on any atom is -0.444 e. The Hall–Kier alpha value is -1.92. The third kappa shape index (κ3) is 4.58. The van der Waals surface area contributed by atoms with E-state index in [1.165, 1.54) is 0 Å². The fraction of sp³-hybridized carbons (Fsp3) is 0.778. The van der Waals surface area contributed by atoms with E-state index in [9.17, 15) is 4.79 Å². The molecule has 2 unspecified atom stereocenters. The lowest BCUT2D eigenvalue weighted by atomic mass is 10.1. The topological polar surface area (TPSA) is 71.5 Å². The highest BCUT2D eigenvalue weighted by atomic mass is 16.6. The van der Waals surface area contributed by atoms with Gasteiger partial charge in [-0.1, -0.05) is 13.8 Å². The quantitative estimate of drug-likeness (QED) is 0.835. The minimum absolute atomic E-state index is 0.0122. The molecule has 2 rings (SSSR count). The third-order valence-corrected chi connectivity index (χ3v) is 4.30. The molecule has 7 nitrogen and oxygen atoms in total. The number of aryl methyl sites for hydroxylation is 2. The second-order valence-electron chi connectivity index (χ2n) is 7.70. The summed E-state index contributed by atoms with van der Waals surface area (Å²) in [7, 11) is 0. The van der Waals surface area contributed by atoms with Gasteiger partial charge in [0.2, 0.25) is 5.95 Å². The Morgan fingerprint density at radius 3 is 2.12 bits per heavy atom. The molecule has 2 heterocycles. The lowest BCUT2D eigenvalue weighted by molar-refractivity contribution is 0.00553. The van der Waals surface area contributed by atoms with E-state index >= 15 is 0 Å². The summed E-state index contributed by atoms with van der Waals surface area (Å²) >= 11 is 0. The number of carbonyl (C=O) groups is 1. The first-order chi connectivity index (χ1) is 11.7. The number of rotatable bonds is 3. The van der Waals surface area contributed by atoms with E-state index in [-0.39, 0.29) is 18.2 Å². The Bertz CT molecular complexity index is 602. The van der Waals surface area contributed by atoms with Crippen molar-refractivity contribution in [2.75, 3.05) is 18.0 Å². The van der Waals surface area contributed by atoms with Crippen molar-refractivity contribution in [2.24, 2.45) is 0 Å². The summed E-state index contributed by atoms with van der Waals surface area (Å²) < 4.78 is 5.55. The molecule has 25 heavy (non-hydrogen) atoms. The molecule has 1 aliphatic heterocycles. The van der Waals surface area contributed by atoms with Crippen molar-refractivity contribution in [3.05, 3.63) is 11.4 Å². The molecule has 1 aromatic rings. The monoisotopic (exact) mass is 349 g/mol. The molecule has 7 heteroatoms. The van der Waals surface area contributed by atoms with E-state index in [0.29, 0.717) is 19.0 Å². The van der Waals surface area contributed by atoms with Crippen LogP contribution in [0.1, 0.15) is 59.9 Å². The first-order valence-electron chi connectivity index (χ1n) is 9.15. The van der Waals surface area contributed by atoms with Crippen LogP contribution >= 0.6 is 0 Å². The smallest absolute Gasteiger partial charge is 0.410 e. The highest BCUT2D eigenvalue weighted by molar-refractivity contribution is 5.69. The predicted molar refractivity (Wildman–Crippen MR) is 97.8 cm³/mol. The van der Waals surface area contributed by atoms with Gasteiger partial charge in [-0.2, -0.15) is 5.10 Å². The van der Waals surface area contributed by atoms with Crippen LogP contribution in [0, 0.1) is 0 Å². The van der Waals surface area contributed by atoms with E-state index in [1.807, 2.05) is 39.5 Å². The SMILES string of the molecule is CCc1nnc(N2CC(C)N(C(=O)OC(C)(C)C)C(C)C2)nc1CC. The molecule has 0 bridgehead atoms. The van der Waals surface area contributed by atoms with Gasteiger partial charge in [0, 0.05) is 13.1 Å². The van der Waals surface area contributed by atoms with Crippen molar-refractivity contribution in [3.63, 3.8) is 0 Å². The highest BCUT2D eigenvalue weighted by Crippen LogP contribution is 2.22. The Kier molecular flexibility index (Phi) is 5.85. The van der Waals surface area contributed by atoms with E-state index in [0.717, 1.165) is 24.2 Å². The van der Waals surface area contributed by atoms with Gasteiger partial charge in [-0.25, -0.2) is 9.78 Å². The van der Waals surface area contributed by atoms with E-state index in [4.69, 9.17) is 9.72 Å². The van der Waals surface area contributed by atoms with Gasteiger partial charge in [0.25, 0.3) is 0 Å². The summed E-state index contributed by atoms with van der Waals surface area (Å²) in [5.74, 6) is 0.650. The van der Waals surface area contributed by atoms with Gasteiger partial charge in [-0.05, 0) is 47.5 Å². The molecule has 2 atom stereocenters. The molecule has 0 aromatic carbocycles. The van der Waals surface area contributed by atoms with Crippen LogP contribution in [0.15, 0.2) is 0 Å². The number of carbonyl (C=O) groups excluding carboxylic acids is 1. The molecule has 1 aliphatic rings. The summed E-state index contributed by atoms with van der Waals surface area (Å²) in [4.78, 5) is 21.1. The normalized spacial score (nSPS) is 21.4. The van der Waals surface area contributed by atoms with Crippen molar-refractivity contribution in [1.29, 1.82) is 0 Å². The van der Waals surface area contributed by atoms with Gasteiger partial charge in [-0.3, -0.25) is 4.90 Å². The standard InChI is InChI=1S/C18H31N5O2/c1-8-14-15(9-2)20-21-16(19-14)22-10-12(3)23(13(4)11-22)17(24)25-18(5,6)7/h12-13H,8-11H2,1-7H3. The van der Waals surface area contributed by atoms with Gasteiger partial charge >= 0.3 is 6.09 Å². The highest BCUT2D eigenvalue weighted by Gasteiger charge is 2.36. The fourth-order valence-corrected chi connectivity index (χ4v) is 3.22. The van der Waals surface area contributed by atoms with Crippen molar-refractivity contribution in [3.8, 4) is 0 Å². The number of nitrogens with zero attached hydrogens (tertiary/aromatic N) is 5.